The van der Waals surface area contributed by atoms with Gasteiger partial charge in [0.2, 0.25) is 0 Å². The molecule has 0 fully saturated rings. The van der Waals surface area contributed by atoms with Crippen molar-refractivity contribution in [3.05, 3.63) is 83.2 Å². The molecule has 0 saturated heterocycles. The Kier molecular flexibility index (Phi) is 4.15. The standard InChI is InChI=1S/C21H23N3O/c1-16-18(14-24(23-16)19-8-3-2-4-9-19)13-22-15-21(25)12-11-17-7-5-6-10-20(17)21/h2-10,14,22,25H,11-13,15H2,1H3. The topological polar surface area (TPSA) is 50.1 Å². The van der Waals surface area contributed by atoms with Gasteiger partial charge in [-0.25, -0.2) is 4.68 Å². The summed E-state index contributed by atoms with van der Waals surface area (Å²) in [7, 11) is 0. The van der Waals surface area contributed by atoms with Crippen LogP contribution >= 0.6 is 0 Å². The van der Waals surface area contributed by atoms with Crippen LogP contribution in [0.2, 0.25) is 0 Å². The van der Waals surface area contributed by atoms with Gasteiger partial charge in [-0.15, -0.1) is 0 Å². The average Bonchev–Trinajstić information content (AvgIpc) is 3.18. The van der Waals surface area contributed by atoms with Gasteiger partial charge in [0.25, 0.3) is 0 Å². The molecule has 0 spiro atoms. The highest BCUT2D eigenvalue weighted by atomic mass is 16.3. The third-order valence-electron chi connectivity index (χ3n) is 5.08. The number of fused-ring (bicyclic) bond motifs is 1. The van der Waals surface area contributed by atoms with Gasteiger partial charge < -0.3 is 10.4 Å². The van der Waals surface area contributed by atoms with Crippen molar-refractivity contribution < 1.29 is 5.11 Å². The first-order valence-electron chi connectivity index (χ1n) is 8.78. The molecular weight excluding hydrogens is 310 g/mol. The van der Waals surface area contributed by atoms with E-state index in [-0.39, 0.29) is 0 Å². The Balaban J connectivity index is 1.44. The molecule has 0 aliphatic heterocycles. The number of aryl methyl sites for hydroxylation is 2. The number of rotatable bonds is 5. The lowest BCUT2D eigenvalue weighted by Gasteiger charge is -2.24. The molecule has 1 aliphatic rings. The Labute approximate surface area is 148 Å². The third-order valence-corrected chi connectivity index (χ3v) is 5.08. The van der Waals surface area contributed by atoms with Crippen molar-refractivity contribution >= 4 is 0 Å². The van der Waals surface area contributed by atoms with Crippen LogP contribution in [0.25, 0.3) is 5.69 Å². The second-order valence-corrected chi connectivity index (χ2v) is 6.81. The lowest BCUT2D eigenvalue weighted by molar-refractivity contribution is 0.0384. The molecule has 128 valence electrons. The third kappa shape index (κ3) is 3.11. The van der Waals surface area contributed by atoms with E-state index in [1.807, 2.05) is 60.1 Å². The minimum Gasteiger partial charge on any atom is -0.384 e. The highest BCUT2D eigenvalue weighted by molar-refractivity contribution is 5.37. The molecule has 25 heavy (non-hydrogen) atoms. The predicted molar refractivity (Wildman–Crippen MR) is 98.7 cm³/mol. The second-order valence-electron chi connectivity index (χ2n) is 6.81. The summed E-state index contributed by atoms with van der Waals surface area (Å²) in [5.74, 6) is 0. The van der Waals surface area contributed by atoms with Crippen LogP contribution < -0.4 is 5.32 Å². The maximum atomic E-state index is 11.0. The fourth-order valence-corrected chi connectivity index (χ4v) is 3.64. The molecule has 3 aromatic rings. The van der Waals surface area contributed by atoms with E-state index < -0.39 is 5.60 Å². The summed E-state index contributed by atoms with van der Waals surface area (Å²) in [6, 6.07) is 18.3. The van der Waals surface area contributed by atoms with E-state index >= 15 is 0 Å². The van der Waals surface area contributed by atoms with E-state index in [0.29, 0.717) is 13.1 Å². The molecule has 0 bridgehead atoms. The summed E-state index contributed by atoms with van der Waals surface area (Å²) in [6.45, 7) is 3.28. The molecule has 1 unspecified atom stereocenters. The molecule has 1 aromatic heterocycles. The molecule has 2 aromatic carbocycles. The lowest BCUT2D eigenvalue weighted by Crippen LogP contribution is -2.36. The van der Waals surface area contributed by atoms with Crippen molar-refractivity contribution in [1.29, 1.82) is 0 Å². The van der Waals surface area contributed by atoms with Crippen molar-refractivity contribution in [1.82, 2.24) is 15.1 Å². The largest absolute Gasteiger partial charge is 0.384 e. The summed E-state index contributed by atoms with van der Waals surface area (Å²) >= 11 is 0. The van der Waals surface area contributed by atoms with E-state index in [1.165, 1.54) is 5.56 Å². The van der Waals surface area contributed by atoms with Crippen LogP contribution in [-0.2, 0) is 18.6 Å². The van der Waals surface area contributed by atoms with Gasteiger partial charge in [0.15, 0.2) is 0 Å². The van der Waals surface area contributed by atoms with Gasteiger partial charge in [-0.2, -0.15) is 5.10 Å². The Morgan fingerprint density at radius 1 is 1.12 bits per heavy atom. The van der Waals surface area contributed by atoms with Gasteiger partial charge in [-0.3, -0.25) is 0 Å². The molecule has 0 radical (unpaired) electrons. The zero-order valence-electron chi connectivity index (χ0n) is 14.4. The van der Waals surface area contributed by atoms with Crippen LogP contribution in [0.5, 0.6) is 0 Å². The molecule has 0 saturated carbocycles. The first kappa shape index (κ1) is 16.1. The second kappa shape index (κ2) is 6.47. The van der Waals surface area contributed by atoms with Gasteiger partial charge in [-0.1, -0.05) is 42.5 Å². The number of benzene rings is 2. The van der Waals surface area contributed by atoms with Crippen molar-refractivity contribution in [2.75, 3.05) is 6.54 Å². The Morgan fingerprint density at radius 2 is 1.88 bits per heavy atom. The van der Waals surface area contributed by atoms with Crippen LogP contribution in [0.4, 0.5) is 0 Å². The summed E-state index contributed by atoms with van der Waals surface area (Å²) in [5.41, 5.74) is 4.79. The van der Waals surface area contributed by atoms with Gasteiger partial charge in [-0.05, 0) is 43.0 Å². The number of aliphatic hydroxyl groups is 1. The number of aromatic nitrogens is 2. The molecule has 1 heterocycles. The zero-order chi connectivity index (χ0) is 17.3. The van der Waals surface area contributed by atoms with E-state index in [4.69, 9.17) is 0 Å². The molecule has 1 aliphatic carbocycles. The predicted octanol–water partition coefficient (Wildman–Crippen LogP) is 3.10. The molecule has 4 nitrogen and oxygen atoms in total. The minimum absolute atomic E-state index is 0.556. The number of nitrogens with zero attached hydrogens (tertiary/aromatic N) is 2. The Hall–Kier alpha value is -2.43. The maximum Gasteiger partial charge on any atom is 0.103 e. The molecule has 2 N–H and O–H groups in total. The lowest BCUT2D eigenvalue weighted by atomic mass is 9.96. The van der Waals surface area contributed by atoms with Gasteiger partial charge >= 0.3 is 0 Å². The smallest absolute Gasteiger partial charge is 0.103 e. The van der Waals surface area contributed by atoms with Gasteiger partial charge in [0.1, 0.15) is 5.60 Å². The molecule has 4 heteroatoms. The van der Waals surface area contributed by atoms with Gasteiger partial charge in [0.05, 0.1) is 11.4 Å². The first-order chi connectivity index (χ1) is 12.2. The number of hydrogen-bond donors (Lipinski definition) is 2. The minimum atomic E-state index is -0.764. The monoisotopic (exact) mass is 333 g/mol. The SMILES string of the molecule is Cc1nn(-c2ccccc2)cc1CNCC1(O)CCc2ccccc21. The summed E-state index contributed by atoms with van der Waals surface area (Å²) in [6.07, 6.45) is 3.78. The number of nitrogens with one attached hydrogen (secondary N) is 1. The summed E-state index contributed by atoms with van der Waals surface area (Å²) < 4.78 is 1.91. The van der Waals surface area contributed by atoms with E-state index in [1.54, 1.807) is 0 Å². The fourth-order valence-electron chi connectivity index (χ4n) is 3.64. The molecule has 1 atom stereocenters. The van der Waals surface area contributed by atoms with Crippen LogP contribution in [-0.4, -0.2) is 21.4 Å². The summed E-state index contributed by atoms with van der Waals surface area (Å²) in [5, 5.41) is 19.0. The van der Waals surface area contributed by atoms with Crippen molar-refractivity contribution in [3.63, 3.8) is 0 Å². The van der Waals surface area contributed by atoms with Crippen LogP contribution in [0.1, 0.15) is 28.8 Å². The molecule has 4 rings (SSSR count). The first-order valence-corrected chi connectivity index (χ1v) is 8.78. The van der Waals surface area contributed by atoms with Crippen LogP contribution in [0, 0.1) is 6.92 Å². The van der Waals surface area contributed by atoms with Crippen molar-refractivity contribution in [3.8, 4) is 5.69 Å². The van der Waals surface area contributed by atoms with E-state index in [9.17, 15) is 5.11 Å². The van der Waals surface area contributed by atoms with Gasteiger partial charge in [0, 0.05) is 24.8 Å². The van der Waals surface area contributed by atoms with Crippen molar-refractivity contribution in [2.24, 2.45) is 0 Å². The average molecular weight is 333 g/mol. The number of para-hydroxylation sites is 1. The van der Waals surface area contributed by atoms with Crippen LogP contribution in [0.3, 0.4) is 0 Å². The molecule has 0 amide bonds. The number of hydrogen-bond acceptors (Lipinski definition) is 3. The summed E-state index contributed by atoms with van der Waals surface area (Å²) in [4.78, 5) is 0. The Bertz CT molecular complexity index is 872. The Morgan fingerprint density at radius 3 is 2.72 bits per heavy atom. The highest BCUT2D eigenvalue weighted by Gasteiger charge is 2.35. The normalized spacial score (nSPS) is 19.1. The quantitative estimate of drug-likeness (QED) is 0.754. The molecular formula is C21H23N3O. The van der Waals surface area contributed by atoms with Crippen molar-refractivity contribution in [2.45, 2.75) is 31.9 Å². The maximum absolute atomic E-state index is 11.0. The van der Waals surface area contributed by atoms with E-state index in [0.717, 1.165) is 35.3 Å². The fraction of sp³-hybridized carbons (Fsp3) is 0.286. The highest BCUT2D eigenvalue weighted by Crippen LogP contribution is 2.36. The van der Waals surface area contributed by atoms with Crippen LogP contribution in [0.15, 0.2) is 60.8 Å². The zero-order valence-corrected chi connectivity index (χ0v) is 14.4. The van der Waals surface area contributed by atoms with E-state index in [2.05, 4.69) is 22.7 Å².